The van der Waals surface area contributed by atoms with Gasteiger partial charge in [-0.1, -0.05) is 41.9 Å². The normalized spacial score (nSPS) is 13.1. The predicted molar refractivity (Wildman–Crippen MR) is 99.7 cm³/mol. The number of sulfone groups is 1. The molecule has 0 aliphatic heterocycles. The van der Waals surface area contributed by atoms with Crippen LogP contribution < -0.4 is 11.1 Å². The Morgan fingerprint density at radius 3 is 2.52 bits per heavy atom. The number of hydrogen-bond acceptors (Lipinski definition) is 4. The first kappa shape index (κ1) is 22.4. The first-order valence-electron chi connectivity index (χ1n) is 6.98. The molecule has 5 nitrogen and oxygen atoms in total. The topological polar surface area (TPSA) is 89.3 Å². The summed E-state index contributed by atoms with van der Waals surface area (Å²) in [6.45, 7) is 4.48. The van der Waals surface area contributed by atoms with E-state index < -0.39 is 15.9 Å². The fourth-order valence-corrected chi connectivity index (χ4v) is 3.00. The number of nitrogens with one attached hydrogen (secondary N) is 1. The number of carbonyl (C=O) groups is 1. The Balaban J connectivity index is 0.00000484. The molecule has 0 spiro atoms. The molecule has 3 N–H and O–H groups in total. The van der Waals surface area contributed by atoms with Gasteiger partial charge < -0.3 is 11.1 Å². The van der Waals surface area contributed by atoms with Crippen LogP contribution >= 0.6 is 28.3 Å². The van der Waals surface area contributed by atoms with E-state index in [2.05, 4.69) is 21.2 Å². The van der Waals surface area contributed by atoms with Crippen molar-refractivity contribution in [2.75, 3.05) is 18.6 Å². The van der Waals surface area contributed by atoms with Crippen molar-refractivity contribution in [3.8, 4) is 0 Å². The van der Waals surface area contributed by atoms with E-state index in [1.807, 2.05) is 38.1 Å². The van der Waals surface area contributed by atoms with Crippen LogP contribution in [0, 0.1) is 0 Å². The van der Waals surface area contributed by atoms with Crippen molar-refractivity contribution < 1.29 is 13.2 Å². The third-order valence-electron chi connectivity index (χ3n) is 3.45. The summed E-state index contributed by atoms with van der Waals surface area (Å²) in [4.78, 5) is 12.0. The van der Waals surface area contributed by atoms with E-state index in [1.54, 1.807) is 0 Å². The van der Waals surface area contributed by atoms with Gasteiger partial charge in [0.2, 0.25) is 5.91 Å². The van der Waals surface area contributed by atoms with E-state index in [-0.39, 0.29) is 35.9 Å². The van der Waals surface area contributed by atoms with Crippen LogP contribution in [-0.2, 0) is 20.0 Å². The minimum absolute atomic E-state index is 0. The molecule has 1 amide bonds. The maximum Gasteiger partial charge on any atom is 0.236 e. The molecule has 0 aromatic heterocycles. The number of hydrogen-bond donors (Lipinski definition) is 2. The van der Waals surface area contributed by atoms with Gasteiger partial charge in [-0.15, -0.1) is 12.4 Å². The molecule has 1 aromatic carbocycles. The first-order chi connectivity index (χ1) is 10.0. The minimum atomic E-state index is -3.11. The minimum Gasteiger partial charge on any atom is -0.354 e. The molecule has 0 aliphatic carbocycles. The average molecular weight is 428 g/mol. The highest BCUT2D eigenvalue weighted by atomic mass is 79.9. The Labute approximate surface area is 152 Å². The van der Waals surface area contributed by atoms with E-state index in [0.29, 0.717) is 6.54 Å². The zero-order chi connectivity index (χ0) is 17.0. The zero-order valence-electron chi connectivity index (χ0n) is 13.5. The second-order valence-corrected chi connectivity index (χ2v) is 9.31. The van der Waals surface area contributed by atoms with Crippen LogP contribution in [0.25, 0.3) is 0 Å². The van der Waals surface area contributed by atoms with Gasteiger partial charge >= 0.3 is 0 Å². The van der Waals surface area contributed by atoms with Crippen molar-refractivity contribution in [2.24, 2.45) is 5.73 Å². The number of halogens is 2. The van der Waals surface area contributed by atoms with Gasteiger partial charge in [0.1, 0.15) is 9.84 Å². The molecule has 0 bridgehead atoms. The van der Waals surface area contributed by atoms with Crippen LogP contribution in [0.3, 0.4) is 0 Å². The van der Waals surface area contributed by atoms with E-state index in [9.17, 15) is 13.2 Å². The maximum atomic E-state index is 12.0. The molecule has 8 heteroatoms. The highest BCUT2D eigenvalue weighted by Crippen LogP contribution is 2.25. The first-order valence-corrected chi connectivity index (χ1v) is 9.84. The number of benzene rings is 1. The van der Waals surface area contributed by atoms with Crippen LogP contribution in [-0.4, -0.2) is 38.9 Å². The molecular formula is C15H24BrClN2O3S. The van der Waals surface area contributed by atoms with Crippen LogP contribution in [0.15, 0.2) is 28.7 Å². The fourth-order valence-electron chi connectivity index (χ4n) is 1.92. The summed E-state index contributed by atoms with van der Waals surface area (Å²) in [5, 5.41) is 2.80. The summed E-state index contributed by atoms with van der Waals surface area (Å²) >= 11 is 3.43. The van der Waals surface area contributed by atoms with E-state index in [0.717, 1.165) is 16.3 Å². The highest BCUT2D eigenvalue weighted by molar-refractivity contribution is 9.10. The van der Waals surface area contributed by atoms with Gasteiger partial charge in [0.05, 0.1) is 11.8 Å². The monoisotopic (exact) mass is 426 g/mol. The van der Waals surface area contributed by atoms with E-state index in [4.69, 9.17) is 5.73 Å². The summed E-state index contributed by atoms with van der Waals surface area (Å²) < 4.78 is 23.2. The van der Waals surface area contributed by atoms with Crippen LogP contribution in [0.5, 0.6) is 0 Å². The van der Waals surface area contributed by atoms with E-state index >= 15 is 0 Å². The van der Waals surface area contributed by atoms with Crippen LogP contribution in [0.1, 0.15) is 25.8 Å². The van der Waals surface area contributed by atoms with Crippen molar-refractivity contribution in [3.63, 3.8) is 0 Å². The quantitative estimate of drug-likeness (QED) is 0.697. The summed E-state index contributed by atoms with van der Waals surface area (Å²) in [6, 6.07) is 7.09. The lowest BCUT2D eigenvalue weighted by molar-refractivity contribution is -0.122. The maximum absolute atomic E-state index is 12.0. The standard InChI is InChI=1S/C15H23BrN2O3S.ClH/c1-15(2,11-5-4-6-12(16)9-11)10-18-14(19)13(17)7-8-22(3,20)21;/h4-6,9,13H,7-8,10,17H2,1-3H3,(H,18,19);1H. The molecule has 0 heterocycles. The summed E-state index contributed by atoms with van der Waals surface area (Å²) in [5.74, 6) is -0.414. The fraction of sp³-hybridized carbons (Fsp3) is 0.533. The van der Waals surface area contributed by atoms with Gasteiger partial charge in [-0.05, 0) is 24.1 Å². The van der Waals surface area contributed by atoms with E-state index in [1.165, 1.54) is 0 Å². The van der Waals surface area contributed by atoms with Gasteiger partial charge in [0.25, 0.3) is 0 Å². The van der Waals surface area contributed by atoms with Crippen LogP contribution in [0.4, 0.5) is 0 Å². The molecule has 0 radical (unpaired) electrons. The van der Waals surface area contributed by atoms with Crippen molar-refractivity contribution >= 4 is 44.1 Å². The molecule has 0 fully saturated rings. The predicted octanol–water partition coefficient (Wildman–Crippen LogP) is 2.03. The molecule has 1 aromatic rings. The van der Waals surface area contributed by atoms with Crippen molar-refractivity contribution in [1.82, 2.24) is 5.32 Å². The van der Waals surface area contributed by atoms with Gasteiger partial charge in [-0.25, -0.2) is 8.42 Å². The Morgan fingerprint density at radius 1 is 1.39 bits per heavy atom. The third kappa shape index (κ3) is 8.15. The lowest BCUT2D eigenvalue weighted by Gasteiger charge is -2.26. The molecule has 0 aliphatic rings. The van der Waals surface area contributed by atoms with Gasteiger partial charge in [0.15, 0.2) is 0 Å². The summed E-state index contributed by atoms with van der Waals surface area (Å²) in [5.41, 5.74) is 6.57. The highest BCUT2D eigenvalue weighted by Gasteiger charge is 2.23. The Hall–Kier alpha value is -0.630. The second kappa shape index (κ2) is 9.01. The third-order valence-corrected chi connectivity index (χ3v) is 4.92. The number of nitrogens with two attached hydrogens (primary N) is 1. The van der Waals surface area contributed by atoms with Gasteiger partial charge in [-0.2, -0.15) is 0 Å². The number of amides is 1. The Bertz CT molecular complexity index is 635. The molecule has 23 heavy (non-hydrogen) atoms. The lowest BCUT2D eigenvalue weighted by atomic mass is 9.84. The Kier molecular flexibility index (Phi) is 8.76. The molecule has 1 unspecified atom stereocenters. The molecule has 0 saturated heterocycles. The number of carbonyl (C=O) groups excluding carboxylic acids is 1. The largest absolute Gasteiger partial charge is 0.354 e. The molecule has 132 valence electrons. The zero-order valence-corrected chi connectivity index (χ0v) is 16.7. The van der Waals surface area contributed by atoms with Crippen LogP contribution in [0.2, 0.25) is 0 Å². The van der Waals surface area contributed by atoms with Crippen molar-refractivity contribution in [1.29, 1.82) is 0 Å². The van der Waals surface area contributed by atoms with Gasteiger partial charge in [-0.3, -0.25) is 4.79 Å². The van der Waals surface area contributed by atoms with Crippen molar-refractivity contribution in [2.45, 2.75) is 31.7 Å². The molecule has 0 saturated carbocycles. The summed E-state index contributed by atoms with van der Waals surface area (Å²) in [7, 11) is -3.11. The lowest BCUT2D eigenvalue weighted by Crippen LogP contribution is -2.45. The Morgan fingerprint density at radius 2 is 2.00 bits per heavy atom. The smallest absolute Gasteiger partial charge is 0.236 e. The SMILES string of the molecule is CC(C)(CNC(=O)C(N)CCS(C)(=O)=O)c1cccc(Br)c1.Cl. The molecule has 1 rings (SSSR count). The molecular weight excluding hydrogens is 404 g/mol. The number of rotatable bonds is 7. The van der Waals surface area contributed by atoms with Gasteiger partial charge in [0, 0.05) is 22.7 Å². The average Bonchev–Trinajstić information content (AvgIpc) is 2.41. The van der Waals surface area contributed by atoms with Crippen molar-refractivity contribution in [3.05, 3.63) is 34.3 Å². The summed E-state index contributed by atoms with van der Waals surface area (Å²) in [6.07, 6.45) is 1.26. The molecule has 1 atom stereocenters. The second-order valence-electron chi connectivity index (χ2n) is 6.14.